The molecular formula is C14H20N2O3. The van der Waals surface area contributed by atoms with E-state index >= 15 is 0 Å². The minimum atomic E-state index is -0.907. The van der Waals surface area contributed by atoms with Crippen molar-refractivity contribution in [3.63, 3.8) is 0 Å². The van der Waals surface area contributed by atoms with Gasteiger partial charge in [0.2, 0.25) is 0 Å². The van der Waals surface area contributed by atoms with Crippen molar-refractivity contribution in [2.75, 3.05) is 24.6 Å². The van der Waals surface area contributed by atoms with Crippen LogP contribution in [0.4, 0.5) is 5.82 Å². The number of nitrogens with zero attached hydrogens (tertiary/aromatic N) is 2. The molecule has 19 heavy (non-hydrogen) atoms. The fourth-order valence-electron chi connectivity index (χ4n) is 2.42. The summed E-state index contributed by atoms with van der Waals surface area (Å²) in [5, 5.41) is 9.08. The number of aromatic carboxylic acids is 1. The number of carboxylic acids is 1. The molecule has 104 valence electrons. The van der Waals surface area contributed by atoms with Crippen LogP contribution in [0.25, 0.3) is 0 Å². The molecule has 1 aromatic rings. The zero-order valence-corrected chi connectivity index (χ0v) is 11.4. The zero-order valence-electron chi connectivity index (χ0n) is 11.4. The Hall–Kier alpha value is -1.62. The fraction of sp³-hybridized carbons (Fsp3) is 0.571. The monoisotopic (exact) mass is 264 g/mol. The van der Waals surface area contributed by atoms with E-state index in [0.717, 1.165) is 44.0 Å². The van der Waals surface area contributed by atoms with Gasteiger partial charge in [-0.1, -0.05) is 0 Å². The van der Waals surface area contributed by atoms with Gasteiger partial charge in [0.15, 0.2) is 0 Å². The molecule has 5 nitrogen and oxygen atoms in total. The number of piperidine rings is 1. The van der Waals surface area contributed by atoms with Crippen LogP contribution in [0.15, 0.2) is 12.1 Å². The largest absolute Gasteiger partial charge is 0.478 e. The van der Waals surface area contributed by atoms with Crippen molar-refractivity contribution in [2.45, 2.75) is 32.8 Å². The van der Waals surface area contributed by atoms with Crippen molar-refractivity contribution in [3.05, 3.63) is 23.4 Å². The Balaban J connectivity index is 2.09. The highest BCUT2D eigenvalue weighted by Gasteiger charge is 2.21. The summed E-state index contributed by atoms with van der Waals surface area (Å²) in [6.07, 6.45) is 2.25. The maximum absolute atomic E-state index is 11.1. The van der Waals surface area contributed by atoms with Gasteiger partial charge in [0.25, 0.3) is 0 Å². The molecule has 1 aliphatic heterocycles. The van der Waals surface area contributed by atoms with Crippen molar-refractivity contribution in [3.8, 4) is 0 Å². The molecule has 1 saturated heterocycles. The maximum Gasteiger partial charge on any atom is 0.335 e. The standard InChI is InChI=1S/C14H20N2O3/c1-3-19-12-4-6-16(7-5-12)13-9-11(14(17)18)8-10(2)15-13/h8-9,12H,3-7H2,1-2H3,(H,17,18). The van der Waals surface area contributed by atoms with E-state index < -0.39 is 5.97 Å². The summed E-state index contributed by atoms with van der Waals surface area (Å²) in [5.74, 6) is -0.150. The highest BCUT2D eigenvalue weighted by atomic mass is 16.5. The lowest BCUT2D eigenvalue weighted by atomic mass is 10.1. The number of aryl methyl sites for hydroxylation is 1. The second kappa shape index (κ2) is 6.02. The number of hydrogen-bond donors (Lipinski definition) is 1. The van der Waals surface area contributed by atoms with Crippen LogP contribution in [0.3, 0.4) is 0 Å². The average molecular weight is 264 g/mol. The molecule has 0 spiro atoms. The molecule has 0 atom stereocenters. The predicted molar refractivity (Wildman–Crippen MR) is 72.8 cm³/mol. The first kappa shape index (κ1) is 13.8. The molecular weight excluding hydrogens is 244 g/mol. The molecule has 2 rings (SSSR count). The van der Waals surface area contributed by atoms with Gasteiger partial charge in [0, 0.05) is 25.4 Å². The van der Waals surface area contributed by atoms with Crippen molar-refractivity contribution < 1.29 is 14.6 Å². The van der Waals surface area contributed by atoms with Gasteiger partial charge in [0.05, 0.1) is 11.7 Å². The molecule has 0 bridgehead atoms. The minimum absolute atomic E-state index is 0.300. The second-order valence-corrected chi connectivity index (χ2v) is 4.80. The summed E-state index contributed by atoms with van der Waals surface area (Å²) in [6.45, 7) is 6.30. The number of rotatable bonds is 4. The van der Waals surface area contributed by atoms with E-state index in [1.165, 1.54) is 0 Å². The van der Waals surface area contributed by atoms with E-state index in [2.05, 4.69) is 9.88 Å². The normalized spacial score (nSPS) is 16.6. The molecule has 1 aliphatic rings. The predicted octanol–water partition coefficient (Wildman–Crippen LogP) is 2.09. The van der Waals surface area contributed by atoms with Crippen LogP contribution >= 0.6 is 0 Å². The lowest BCUT2D eigenvalue weighted by molar-refractivity contribution is 0.0458. The van der Waals surface area contributed by atoms with Gasteiger partial charge in [-0.15, -0.1) is 0 Å². The highest BCUT2D eigenvalue weighted by Crippen LogP contribution is 2.21. The number of anilines is 1. The third kappa shape index (κ3) is 3.44. The molecule has 0 aliphatic carbocycles. The molecule has 0 amide bonds. The van der Waals surface area contributed by atoms with Gasteiger partial charge in [-0.2, -0.15) is 0 Å². The van der Waals surface area contributed by atoms with E-state index in [-0.39, 0.29) is 0 Å². The summed E-state index contributed by atoms with van der Waals surface area (Å²) < 4.78 is 5.61. The molecule has 5 heteroatoms. The Morgan fingerprint density at radius 2 is 2.16 bits per heavy atom. The van der Waals surface area contributed by atoms with Gasteiger partial charge >= 0.3 is 5.97 Å². The Bertz CT molecular complexity index is 454. The smallest absolute Gasteiger partial charge is 0.335 e. The lowest BCUT2D eigenvalue weighted by Gasteiger charge is -2.32. The Labute approximate surface area is 113 Å². The molecule has 2 heterocycles. The molecule has 0 radical (unpaired) electrons. The zero-order chi connectivity index (χ0) is 13.8. The second-order valence-electron chi connectivity index (χ2n) is 4.80. The number of pyridine rings is 1. The quantitative estimate of drug-likeness (QED) is 0.902. The first-order valence-electron chi connectivity index (χ1n) is 6.68. The fourth-order valence-corrected chi connectivity index (χ4v) is 2.42. The van der Waals surface area contributed by atoms with Crippen LogP contribution in [0.1, 0.15) is 35.8 Å². The van der Waals surface area contributed by atoms with Crippen LogP contribution in [0.2, 0.25) is 0 Å². The summed E-state index contributed by atoms with van der Waals surface area (Å²) in [7, 11) is 0. The number of carbonyl (C=O) groups is 1. The van der Waals surface area contributed by atoms with Crippen LogP contribution in [-0.4, -0.2) is 41.9 Å². The molecule has 1 aromatic heterocycles. The average Bonchev–Trinajstić information content (AvgIpc) is 2.39. The minimum Gasteiger partial charge on any atom is -0.478 e. The number of ether oxygens (including phenoxy) is 1. The number of hydrogen-bond acceptors (Lipinski definition) is 4. The summed E-state index contributed by atoms with van der Waals surface area (Å²) >= 11 is 0. The van der Waals surface area contributed by atoms with E-state index in [1.54, 1.807) is 12.1 Å². The highest BCUT2D eigenvalue weighted by molar-refractivity contribution is 5.88. The maximum atomic E-state index is 11.1. The molecule has 1 N–H and O–H groups in total. The summed E-state index contributed by atoms with van der Waals surface area (Å²) in [6, 6.07) is 3.25. The summed E-state index contributed by atoms with van der Waals surface area (Å²) in [4.78, 5) is 17.6. The van der Waals surface area contributed by atoms with Crippen molar-refractivity contribution in [2.24, 2.45) is 0 Å². The van der Waals surface area contributed by atoms with Crippen molar-refractivity contribution in [1.82, 2.24) is 4.98 Å². The Morgan fingerprint density at radius 3 is 2.74 bits per heavy atom. The number of carboxylic acid groups (broad SMARTS) is 1. The Kier molecular flexibility index (Phi) is 4.37. The Morgan fingerprint density at radius 1 is 1.47 bits per heavy atom. The van der Waals surface area contributed by atoms with Crippen molar-refractivity contribution >= 4 is 11.8 Å². The third-order valence-corrected chi connectivity index (χ3v) is 3.36. The lowest BCUT2D eigenvalue weighted by Crippen LogP contribution is -2.37. The SMILES string of the molecule is CCOC1CCN(c2cc(C(=O)O)cc(C)n2)CC1. The van der Waals surface area contributed by atoms with E-state index in [1.807, 2.05) is 13.8 Å². The molecule has 1 fully saturated rings. The third-order valence-electron chi connectivity index (χ3n) is 3.36. The van der Waals surface area contributed by atoms with E-state index in [9.17, 15) is 4.79 Å². The first-order chi connectivity index (χ1) is 9.10. The molecule has 0 saturated carbocycles. The van der Waals surface area contributed by atoms with E-state index in [0.29, 0.717) is 11.7 Å². The van der Waals surface area contributed by atoms with Gasteiger partial charge in [0.1, 0.15) is 5.82 Å². The number of aromatic nitrogens is 1. The van der Waals surface area contributed by atoms with Gasteiger partial charge in [-0.05, 0) is 38.8 Å². The van der Waals surface area contributed by atoms with Gasteiger partial charge < -0.3 is 14.7 Å². The van der Waals surface area contributed by atoms with Crippen LogP contribution in [-0.2, 0) is 4.74 Å². The molecule has 0 aromatic carbocycles. The summed E-state index contributed by atoms with van der Waals surface area (Å²) in [5.41, 5.74) is 1.04. The van der Waals surface area contributed by atoms with Crippen LogP contribution < -0.4 is 4.90 Å². The molecule has 0 unspecified atom stereocenters. The topological polar surface area (TPSA) is 62.7 Å². The van der Waals surface area contributed by atoms with Crippen molar-refractivity contribution in [1.29, 1.82) is 0 Å². The van der Waals surface area contributed by atoms with Crippen LogP contribution in [0, 0.1) is 6.92 Å². The van der Waals surface area contributed by atoms with E-state index in [4.69, 9.17) is 9.84 Å². The van der Waals surface area contributed by atoms with Crippen LogP contribution in [0.5, 0.6) is 0 Å². The van der Waals surface area contributed by atoms with Gasteiger partial charge in [-0.25, -0.2) is 9.78 Å². The first-order valence-corrected chi connectivity index (χ1v) is 6.68. The van der Waals surface area contributed by atoms with Gasteiger partial charge in [-0.3, -0.25) is 0 Å².